The first-order valence-electron chi connectivity index (χ1n) is 11.8. The van der Waals surface area contributed by atoms with Crippen LogP contribution in [-0.4, -0.2) is 40.1 Å². The molecule has 2 atom stereocenters. The zero-order chi connectivity index (χ0) is 25.9. The maximum atomic E-state index is 12.8. The van der Waals surface area contributed by atoms with Crippen LogP contribution in [0.4, 0.5) is 5.69 Å². The Morgan fingerprint density at radius 3 is 2.57 bits per heavy atom. The summed E-state index contributed by atoms with van der Waals surface area (Å²) in [7, 11) is 1.54. The fourth-order valence-corrected chi connectivity index (χ4v) is 5.46. The summed E-state index contributed by atoms with van der Waals surface area (Å²) < 4.78 is 5.30. The molecule has 0 bridgehead atoms. The number of nitrogens with zero attached hydrogens (tertiary/aromatic N) is 3. The zero-order valence-corrected chi connectivity index (χ0v) is 21.9. The van der Waals surface area contributed by atoms with Crippen LogP contribution in [0.2, 0.25) is 5.02 Å². The number of aryl methyl sites for hydroxylation is 1. The molecule has 0 aliphatic carbocycles. The molecule has 2 amide bonds. The number of amides is 2. The van der Waals surface area contributed by atoms with Crippen LogP contribution in [0.25, 0.3) is 0 Å². The van der Waals surface area contributed by atoms with Crippen LogP contribution in [0, 0.1) is 6.92 Å². The van der Waals surface area contributed by atoms with Gasteiger partial charge in [0.15, 0.2) is 5.17 Å². The van der Waals surface area contributed by atoms with Crippen LogP contribution in [-0.2, 0) is 9.59 Å². The normalized spacial score (nSPS) is 19.0. The summed E-state index contributed by atoms with van der Waals surface area (Å²) in [6, 6.07) is 22.9. The van der Waals surface area contributed by atoms with Crippen molar-refractivity contribution in [3.63, 3.8) is 0 Å². The van der Waals surface area contributed by atoms with E-state index in [4.69, 9.17) is 21.4 Å². The molecule has 3 aromatic rings. The van der Waals surface area contributed by atoms with Crippen LogP contribution in [0.3, 0.4) is 0 Å². The fourth-order valence-electron chi connectivity index (χ4n) is 4.27. The lowest BCUT2D eigenvalue weighted by Gasteiger charge is -2.23. The summed E-state index contributed by atoms with van der Waals surface area (Å²) in [4.78, 5) is 29.9. The molecule has 37 heavy (non-hydrogen) atoms. The van der Waals surface area contributed by atoms with Gasteiger partial charge >= 0.3 is 0 Å². The second kappa shape index (κ2) is 10.8. The summed E-state index contributed by atoms with van der Waals surface area (Å²) in [5, 5.41) is 10.0. The highest BCUT2D eigenvalue weighted by Gasteiger charge is 2.39. The summed E-state index contributed by atoms with van der Waals surface area (Å²) in [6.45, 7) is 2.04. The molecule has 5 rings (SSSR count). The molecule has 2 aliphatic heterocycles. The third-order valence-corrected chi connectivity index (χ3v) is 7.62. The molecule has 0 spiro atoms. The van der Waals surface area contributed by atoms with Crippen LogP contribution in [0.15, 0.2) is 82.9 Å². The Balaban J connectivity index is 1.35. The predicted molar refractivity (Wildman–Crippen MR) is 148 cm³/mol. The van der Waals surface area contributed by atoms with Crippen molar-refractivity contribution in [3.8, 4) is 5.75 Å². The Hall–Kier alpha value is -3.62. The highest BCUT2D eigenvalue weighted by atomic mass is 35.5. The van der Waals surface area contributed by atoms with Crippen molar-refractivity contribution in [1.29, 1.82) is 0 Å². The lowest BCUT2D eigenvalue weighted by atomic mass is 9.98. The molecule has 188 valence electrons. The number of para-hydroxylation sites is 2. The second-order valence-corrected chi connectivity index (χ2v) is 10.4. The van der Waals surface area contributed by atoms with Gasteiger partial charge in [-0.2, -0.15) is 10.1 Å². The van der Waals surface area contributed by atoms with Crippen LogP contribution < -0.4 is 10.1 Å². The highest BCUT2D eigenvalue weighted by Crippen LogP contribution is 2.39. The molecule has 3 aromatic carbocycles. The molecule has 7 nitrogen and oxygen atoms in total. The van der Waals surface area contributed by atoms with Gasteiger partial charge in [-0.1, -0.05) is 77.5 Å². The van der Waals surface area contributed by atoms with Gasteiger partial charge in [-0.25, -0.2) is 5.01 Å². The average Bonchev–Trinajstić information content (AvgIpc) is 3.49. The van der Waals surface area contributed by atoms with Gasteiger partial charge in [-0.05, 0) is 42.3 Å². The Morgan fingerprint density at radius 2 is 1.84 bits per heavy atom. The minimum Gasteiger partial charge on any atom is -0.495 e. The molecule has 2 aliphatic rings. The Labute approximate surface area is 224 Å². The highest BCUT2D eigenvalue weighted by molar-refractivity contribution is 8.15. The molecule has 0 saturated carbocycles. The van der Waals surface area contributed by atoms with Gasteiger partial charge in [0.05, 0.1) is 24.6 Å². The zero-order valence-electron chi connectivity index (χ0n) is 20.3. The number of thioether (sulfide) groups is 1. The number of benzene rings is 3. The number of anilines is 1. The molecule has 9 heteroatoms. The third-order valence-electron chi connectivity index (χ3n) is 6.23. The van der Waals surface area contributed by atoms with E-state index in [2.05, 4.69) is 34.6 Å². The van der Waals surface area contributed by atoms with E-state index in [0.717, 1.165) is 22.4 Å². The van der Waals surface area contributed by atoms with E-state index >= 15 is 0 Å². The first-order valence-corrected chi connectivity index (χ1v) is 13.1. The quantitative estimate of drug-likeness (QED) is 0.431. The Kier molecular flexibility index (Phi) is 7.30. The number of aliphatic imine (C=N–C) groups is 1. The van der Waals surface area contributed by atoms with Crippen LogP contribution in [0.5, 0.6) is 5.75 Å². The summed E-state index contributed by atoms with van der Waals surface area (Å²) in [6.07, 6.45) is 0.642. The van der Waals surface area contributed by atoms with E-state index in [1.807, 2.05) is 48.3 Å². The van der Waals surface area contributed by atoms with Gasteiger partial charge in [-0.3, -0.25) is 9.59 Å². The number of hydrogen-bond acceptors (Lipinski definition) is 6. The molecule has 0 aromatic heterocycles. The predicted octanol–water partition coefficient (Wildman–Crippen LogP) is 5.83. The van der Waals surface area contributed by atoms with Gasteiger partial charge < -0.3 is 10.1 Å². The van der Waals surface area contributed by atoms with E-state index in [9.17, 15) is 9.59 Å². The van der Waals surface area contributed by atoms with Gasteiger partial charge in [0.2, 0.25) is 5.91 Å². The lowest BCUT2D eigenvalue weighted by molar-refractivity contribution is -0.121. The largest absolute Gasteiger partial charge is 0.495 e. The maximum absolute atomic E-state index is 12.8. The van der Waals surface area contributed by atoms with Gasteiger partial charge in [0.1, 0.15) is 11.0 Å². The number of nitrogens with one attached hydrogen (secondary N) is 1. The second-order valence-electron chi connectivity index (χ2n) is 8.82. The average molecular weight is 533 g/mol. The van der Waals surface area contributed by atoms with Crippen molar-refractivity contribution < 1.29 is 14.3 Å². The Morgan fingerprint density at radius 1 is 1.11 bits per heavy atom. The van der Waals surface area contributed by atoms with Crippen molar-refractivity contribution in [3.05, 3.63) is 94.5 Å². The number of carbonyl (C=O) groups is 2. The van der Waals surface area contributed by atoms with Crippen molar-refractivity contribution in [1.82, 2.24) is 5.01 Å². The number of hydrazone groups is 1. The first kappa shape index (κ1) is 25.0. The van der Waals surface area contributed by atoms with Crippen molar-refractivity contribution in [2.45, 2.75) is 31.1 Å². The topological polar surface area (TPSA) is 83.4 Å². The minimum absolute atomic E-state index is 0.00859. The summed E-state index contributed by atoms with van der Waals surface area (Å²) in [5.41, 5.74) is 4.65. The maximum Gasteiger partial charge on any atom is 0.262 e. The molecular formula is C28H25ClN4O3S. The fraction of sp³-hybridized carbons (Fsp3) is 0.214. The van der Waals surface area contributed by atoms with E-state index in [0.29, 0.717) is 28.0 Å². The minimum atomic E-state index is -0.627. The van der Waals surface area contributed by atoms with Crippen molar-refractivity contribution in [2.24, 2.45) is 10.1 Å². The molecule has 2 heterocycles. The number of amidine groups is 1. The SMILES string of the molecule is COc1ccccc1NC(=O)C[C@H]1SC(N2N=C(c3ccc(Cl)cc3)C[C@@H]2c2ccc(C)cc2)=NC1=O. The standard InChI is InChI=1S/C28H25ClN4O3S/c1-17-7-9-19(10-8-17)23-15-22(18-11-13-20(29)14-12-18)32-33(23)28-31-27(35)25(37-28)16-26(34)30-21-5-3-4-6-24(21)36-2/h3-14,23,25H,15-16H2,1-2H3,(H,30,34)/t23-,25-/m1/s1. The van der Waals surface area contributed by atoms with E-state index < -0.39 is 5.25 Å². The number of hydrogen-bond donors (Lipinski definition) is 1. The molecule has 0 fully saturated rings. The van der Waals surface area contributed by atoms with Crippen molar-refractivity contribution >= 4 is 51.7 Å². The van der Waals surface area contributed by atoms with Crippen molar-refractivity contribution in [2.75, 3.05) is 12.4 Å². The summed E-state index contributed by atoms with van der Waals surface area (Å²) in [5.74, 6) is -0.0677. The van der Waals surface area contributed by atoms with E-state index in [1.165, 1.54) is 11.8 Å². The number of ether oxygens (including phenoxy) is 1. The number of halogens is 1. The number of methoxy groups -OCH3 is 1. The third kappa shape index (κ3) is 5.55. The lowest BCUT2D eigenvalue weighted by Crippen LogP contribution is -2.25. The van der Waals surface area contributed by atoms with E-state index in [1.54, 1.807) is 19.2 Å². The van der Waals surface area contributed by atoms with Gasteiger partial charge in [-0.15, -0.1) is 0 Å². The van der Waals surface area contributed by atoms with Crippen LogP contribution in [0.1, 0.15) is 35.6 Å². The van der Waals surface area contributed by atoms with Crippen LogP contribution >= 0.6 is 23.4 Å². The van der Waals surface area contributed by atoms with Gasteiger partial charge in [0, 0.05) is 17.9 Å². The number of rotatable bonds is 6. The smallest absolute Gasteiger partial charge is 0.262 e. The molecule has 0 saturated heterocycles. The monoisotopic (exact) mass is 532 g/mol. The van der Waals surface area contributed by atoms with Gasteiger partial charge in [0.25, 0.3) is 5.91 Å². The molecule has 0 radical (unpaired) electrons. The number of carbonyl (C=O) groups excluding carboxylic acids is 2. The Bertz CT molecular complexity index is 1390. The molecule has 1 N–H and O–H groups in total. The first-order chi connectivity index (χ1) is 17.9. The van der Waals surface area contributed by atoms with E-state index in [-0.39, 0.29) is 24.3 Å². The molecular weight excluding hydrogens is 508 g/mol. The summed E-state index contributed by atoms with van der Waals surface area (Å²) >= 11 is 7.35. The molecule has 0 unspecified atom stereocenters.